The van der Waals surface area contributed by atoms with Gasteiger partial charge < -0.3 is 4.74 Å². The zero-order valence-corrected chi connectivity index (χ0v) is 9.02. The van der Waals surface area contributed by atoms with Gasteiger partial charge in [0.05, 0.1) is 11.1 Å². The van der Waals surface area contributed by atoms with Crippen molar-refractivity contribution in [3.8, 4) is 5.75 Å². The summed E-state index contributed by atoms with van der Waals surface area (Å²) in [5.41, 5.74) is 1.26. The van der Waals surface area contributed by atoms with Crippen molar-refractivity contribution in [2.75, 3.05) is 6.61 Å². The Balaban J connectivity index is 3.02. The summed E-state index contributed by atoms with van der Waals surface area (Å²) in [5, 5.41) is 0. The quantitative estimate of drug-likeness (QED) is 0.771. The summed E-state index contributed by atoms with van der Waals surface area (Å²) in [4.78, 5) is 0. The first-order valence-electron chi connectivity index (χ1n) is 4.19. The van der Waals surface area contributed by atoms with Gasteiger partial charge in [-0.2, -0.15) is 0 Å². The average molecular weight is 229 g/mol. The van der Waals surface area contributed by atoms with Crippen LogP contribution in [0.15, 0.2) is 22.7 Å². The zero-order valence-electron chi connectivity index (χ0n) is 7.43. The largest absolute Gasteiger partial charge is 0.492 e. The van der Waals surface area contributed by atoms with E-state index >= 15 is 0 Å². The third-order valence-corrected chi connectivity index (χ3v) is 2.34. The fourth-order valence-corrected chi connectivity index (χ4v) is 1.66. The second kappa shape index (κ2) is 4.51. The third-order valence-electron chi connectivity index (χ3n) is 1.72. The minimum Gasteiger partial charge on any atom is -0.492 e. The van der Waals surface area contributed by atoms with E-state index in [1.807, 2.05) is 19.1 Å². The molecule has 0 aliphatic carbocycles. The van der Waals surface area contributed by atoms with Crippen LogP contribution in [0.5, 0.6) is 5.75 Å². The zero-order chi connectivity index (χ0) is 8.97. The van der Waals surface area contributed by atoms with Crippen molar-refractivity contribution in [3.05, 3.63) is 28.2 Å². The van der Waals surface area contributed by atoms with E-state index in [0.29, 0.717) is 0 Å². The molecule has 0 saturated carbocycles. The summed E-state index contributed by atoms with van der Waals surface area (Å²) >= 11 is 3.46. The van der Waals surface area contributed by atoms with E-state index in [9.17, 15) is 0 Å². The molecule has 0 amide bonds. The molecule has 1 aromatic carbocycles. The number of aryl methyl sites for hydroxylation is 1. The van der Waals surface area contributed by atoms with Crippen LogP contribution < -0.4 is 4.74 Å². The van der Waals surface area contributed by atoms with E-state index in [-0.39, 0.29) is 0 Å². The van der Waals surface area contributed by atoms with E-state index in [0.717, 1.165) is 23.2 Å². The third kappa shape index (κ3) is 2.01. The molecular weight excluding hydrogens is 216 g/mol. The molecule has 0 spiro atoms. The van der Waals surface area contributed by atoms with E-state index in [2.05, 4.69) is 28.9 Å². The van der Waals surface area contributed by atoms with E-state index in [1.165, 1.54) is 5.56 Å². The van der Waals surface area contributed by atoms with Crippen LogP contribution >= 0.6 is 15.9 Å². The minimum atomic E-state index is 0.718. The summed E-state index contributed by atoms with van der Waals surface area (Å²) in [6.07, 6.45) is 1.01. The van der Waals surface area contributed by atoms with Crippen molar-refractivity contribution in [1.82, 2.24) is 0 Å². The SMILES string of the molecule is CCOc1c(Br)cccc1CC. The van der Waals surface area contributed by atoms with Crippen LogP contribution in [0.3, 0.4) is 0 Å². The van der Waals surface area contributed by atoms with Gasteiger partial charge in [0, 0.05) is 0 Å². The molecule has 0 radical (unpaired) electrons. The lowest BCUT2D eigenvalue weighted by molar-refractivity contribution is 0.334. The lowest BCUT2D eigenvalue weighted by Gasteiger charge is -2.09. The van der Waals surface area contributed by atoms with Crippen LogP contribution in [-0.2, 0) is 6.42 Å². The second-order valence-electron chi connectivity index (χ2n) is 2.51. The average Bonchev–Trinajstić information content (AvgIpc) is 2.09. The molecule has 0 N–H and O–H groups in total. The molecule has 66 valence electrons. The van der Waals surface area contributed by atoms with Crippen LogP contribution in [0, 0.1) is 0 Å². The van der Waals surface area contributed by atoms with E-state index in [4.69, 9.17) is 4.74 Å². The molecule has 0 heterocycles. The Morgan fingerprint density at radius 2 is 2.08 bits per heavy atom. The molecule has 0 aromatic heterocycles. The molecule has 2 heteroatoms. The first-order chi connectivity index (χ1) is 5.79. The molecule has 0 aliphatic heterocycles. The highest BCUT2D eigenvalue weighted by molar-refractivity contribution is 9.10. The second-order valence-corrected chi connectivity index (χ2v) is 3.37. The van der Waals surface area contributed by atoms with Crippen molar-refractivity contribution in [2.24, 2.45) is 0 Å². The normalized spacial score (nSPS) is 9.92. The Bertz CT molecular complexity index is 258. The Kier molecular flexibility index (Phi) is 3.60. The van der Waals surface area contributed by atoms with Gasteiger partial charge in [-0.15, -0.1) is 0 Å². The van der Waals surface area contributed by atoms with E-state index in [1.54, 1.807) is 0 Å². The van der Waals surface area contributed by atoms with Gasteiger partial charge in [-0.3, -0.25) is 0 Å². The van der Waals surface area contributed by atoms with Crippen molar-refractivity contribution < 1.29 is 4.74 Å². The fraction of sp³-hybridized carbons (Fsp3) is 0.400. The molecule has 0 fully saturated rings. The van der Waals surface area contributed by atoms with Gasteiger partial charge >= 0.3 is 0 Å². The van der Waals surface area contributed by atoms with Crippen molar-refractivity contribution >= 4 is 15.9 Å². The Morgan fingerprint density at radius 3 is 2.67 bits per heavy atom. The highest BCUT2D eigenvalue weighted by Gasteiger charge is 2.04. The van der Waals surface area contributed by atoms with Crippen LogP contribution in [-0.4, -0.2) is 6.61 Å². The highest BCUT2D eigenvalue weighted by Crippen LogP contribution is 2.29. The van der Waals surface area contributed by atoms with Crippen LogP contribution in [0.25, 0.3) is 0 Å². The van der Waals surface area contributed by atoms with Crippen molar-refractivity contribution in [3.63, 3.8) is 0 Å². The highest BCUT2D eigenvalue weighted by atomic mass is 79.9. The summed E-state index contributed by atoms with van der Waals surface area (Å²) < 4.78 is 6.56. The fourth-order valence-electron chi connectivity index (χ4n) is 1.14. The molecule has 0 saturated heterocycles. The number of benzene rings is 1. The molecular formula is C10H13BrO. The smallest absolute Gasteiger partial charge is 0.136 e. The number of hydrogen-bond acceptors (Lipinski definition) is 1. The minimum absolute atomic E-state index is 0.718. The molecule has 0 aliphatic rings. The van der Waals surface area contributed by atoms with Gasteiger partial charge in [0.2, 0.25) is 0 Å². The summed E-state index contributed by atoms with van der Waals surface area (Å²) in [5.74, 6) is 0.988. The van der Waals surface area contributed by atoms with Gasteiger partial charge in [0.1, 0.15) is 5.75 Å². The summed E-state index contributed by atoms with van der Waals surface area (Å²) in [6.45, 7) is 4.85. The van der Waals surface area contributed by atoms with Crippen LogP contribution in [0.2, 0.25) is 0 Å². The van der Waals surface area contributed by atoms with Gasteiger partial charge in [-0.05, 0) is 40.9 Å². The predicted octanol–water partition coefficient (Wildman–Crippen LogP) is 3.41. The Morgan fingerprint density at radius 1 is 1.33 bits per heavy atom. The van der Waals surface area contributed by atoms with Crippen molar-refractivity contribution in [2.45, 2.75) is 20.3 Å². The van der Waals surface area contributed by atoms with Gasteiger partial charge in [-0.25, -0.2) is 0 Å². The predicted molar refractivity (Wildman–Crippen MR) is 54.7 cm³/mol. The number of hydrogen-bond donors (Lipinski definition) is 0. The lowest BCUT2D eigenvalue weighted by atomic mass is 10.1. The molecule has 0 unspecified atom stereocenters. The topological polar surface area (TPSA) is 9.23 Å². The first-order valence-corrected chi connectivity index (χ1v) is 4.99. The van der Waals surface area contributed by atoms with Crippen molar-refractivity contribution in [1.29, 1.82) is 0 Å². The summed E-state index contributed by atoms with van der Waals surface area (Å²) in [7, 11) is 0. The first kappa shape index (κ1) is 9.59. The number of ether oxygens (including phenoxy) is 1. The van der Waals surface area contributed by atoms with E-state index < -0.39 is 0 Å². The van der Waals surface area contributed by atoms with Crippen LogP contribution in [0.1, 0.15) is 19.4 Å². The lowest BCUT2D eigenvalue weighted by Crippen LogP contribution is -1.96. The van der Waals surface area contributed by atoms with Gasteiger partial charge in [0.15, 0.2) is 0 Å². The monoisotopic (exact) mass is 228 g/mol. The van der Waals surface area contributed by atoms with Gasteiger partial charge in [-0.1, -0.05) is 19.1 Å². The molecule has 12 heavy (non-hydrogen) atoms. The Hall–Kier alpha value is -0.500. The number of para-hydroxylation sites is 1. The Labute approximate surface area is 81.9 Å². The standard InChI is InChI=1S/C10H13BrO/c1-3-8-6-5-7-9(11)10(8)12-4-2/h5-7H,3-4H2,1-2H3. The number of halogens is 1. The molecule has 1 nitrogen and oxygen atoms in total. The molecule has 0 atom stereocenters. The van der Waals surface area contributed by atoms with Gasteiger partial charge in [0.25, 0.3) is 0 Å². The molecule has 1 rings (SSSR count). The maximum absolute atomic E-state index is 5.51. The molecule has 0 bridgehead atoms. The maximum Gasteiger partial charge on any atom is 0.136 e. The molecule has 1 aromatic rings. The summed E-state index contributed by atoms with van der Waals surface area (Å²) in [6, 6.07) is 6.13. The van der Waals surface area contributed by atoms with Crippen LogP contribution in [0.4, 0.5) is 0 Å². The maximum atomic E-state index is 5.51. The number of rotatable bonds is 3.